The van der Waals surface area contributed by atoms with Gasteiger partial charge in [-0.15, -0.1) is 0 Å². The molecule has 6 heteroatoms. The fourth-order valence-corrected chi connectivity index (χ4v) is 11.4. The molecule has 2 unspecified atom stereocenters. The molecule has 0 bridgehead atoms. The minimum absolute atomic E-state index is 0.00753. The molecule has 0 saturated carbocycles. The van der Waals surface area contributed by atoms with Crippen molar-refractivity contribution in [2.45, 2.75) is 124 Å². The molecule has 2 aromatic carbocycles. The smallest absolute Gasteiger partial charge is 0.261 e. The Morgan fingerprint density at radius 3 is 1.95 bits per heavy atom. The Labute approximate surface area is 256 Å². The molecule has 5 atom stereocenters. The number of hydrogen-bond donors (Lipinski definition) is 1. The standard InChI is InChI=1S/C36H56O5Si/c1-26(32(37)28(3)33(38)35(7,8)31-24-25-39-36(9,10)40-31)18-17-19-27(2)41-42(34(4,5)6,29-20-13-11-14-21-29)30-22-15-12-16-23-30/h11-16,20-23,26-28,31-32,37H,17-19,24-25H2,1-10H3/t26-,27?,28?,31-,32+/m0/s1. The zero-order valence-electron chi connectivity index (χ0n) is 27.8. The van der Waals surface area contributed by atoms with E-state index in [-0.39, 0.29) is 28.9 Å². The van der Waals surface area contributed by atoms with Crippen molar-refractivity contribution < 1.29 is 23.8 Å². The van der Waals surface area contributed by atoms with Crippen molar-refractivity contribution >= 4 is 24.5 Å². The van der Waals surface area contributed by atoms with Crippen LogP contribution in [0.25, 0.3) is 0 Å². The maximum absolute atomic E-state index is 13.6. The third kappa shape index (κ3) is 7.81. The van der Waals surface area contributed by atoms with Crippen LogP contribution in [-0.2, 0) is 18.7 Å². The molecule has 1 saturated heterocycles. The van der Waals surface area contributed by atoms with E-state index in [1.165, 1.54) is 10.4 Å². The van der Waals surface area contributed by atoms with Crippen LogP contribution in [0.4, 0.5) is 0 Å². The van der Waals surface area contributed by atoms with E-state index in [0.717, 1.165) is 19.3 Å². The maximum atomic E-state index is 13.6. The van der Waals surface area contributed by atoms with Gasteiger partial charge in [-0.1, -0.05) is 116 Å². The molecule has 0 radical (unpaired) electrons. The maximum Gasteiger partial charge on any atom is 0.261 e. The van der Waals surface area contributed by atoms with Crippen molar-refractivity contribution in [1.29, 1.82) is 0 Å². The summed E-state index contributed by atoms with van der Waals surface area (Å²) in [6.07, 6.45) is 2.40. The van der Waals surface area contributed by atoms with E-state index in [1.807, 2.05) is 34.6 Å². The Morgan fingerprint density at radius 1 is 0.952 bits per heavy atom. The molecule has 1 N–H and O–H groups in total. The average molecular weight is 597 g/mol. The highest BCUT2D eigenvalue weighted by Gasteiger charge is 2.51. The van der Waals surface area contributed by atoms with Gasteiger partial charge in [0.2, 0.25) is 0 Å². The minimum atomic E-state index is -2.61. The fraction of sp³-hybridized carbons (Fsp3) is 0.639. The van der Waals surface area contributed by atoms with Gasteiger partial charge in [0.15, 0.2) is 5.79 Å². The summed E-state index contributed by atoms with van der Waals surface area (Å²) in [6, 6.07) is 21.5. The van der Waals surface area contributed by atoms with E-state index >= 15 is 0 Å². The van der Waals surface area contributed by atoms with Gasteiger partial charge in [-0.25, -0.2) is 0 Å². The molecule has 1 aliphatic heterocycles. The lowest BCUT2D eigenvalue weighted by Gasteiger charge is -2.44. The molecule has 1 aliphatic rings. The third-order valence-electron chi connectivity index (χ3n) is 9.27. The molecule has 1 fully saturated rings. The molecule has 0 spiro atoms. The molecular weight excluding hydrogens is 540 g/mol. The molecule has 0 aliphatic carbocycles. The van der Waals surface area contributed by atoms with Crippen LogP contribution in [0, 0.1) is 17.3 Å². The van der Waals surface area contributed by atoms with Crippen molar-refractivity contribution in [2.24, 2.45) is 17.3 Å². The summed E-state index contributed by atoms with van der Waals surface area (Å²) in [5.74, 6) is -1.14. The van der Waals surface area contributed by atoms with Crippen LogP contribution in [0.5, 0.6) is 0 Å². The van der Waals surface area contributed by atoms with Crippen LogP contribution in [0.2, 0.25) is 5.04 Å². The first-order valence-electron chi connectivity index (χ1n) is 15.9. The van der Waals surface area contributed by atoms with Crippen LogP contribution in [-0.4, -0.2) is 49.9 Å². The highest BCUT2D eigenvalue weighted by atomic mass is 28.4. The Hall–Kier alpha value is -1.83. The summed E-state index contributed by atoms with van der Waals surface area (Å²) in [5, 5.41) is 13.8. The van der Waals surface area contributed by atoms with Crippen LogP contribution in [0.1, 0.15) is 94.9 Å². The quantitative estimate of drug-likeness (QED) is 0.255. The predicted molar refractivity (Wildman–Crippen MR) is 175 cm³/mol. The topological polar surface area (TPSA) is 65.0 Å². The number of Topliss-reactive ketones (excluding diaryl/α,β-unsaturated/α-hetero) is 1. The Balaban J connectivity index is 1.66. The highest BCUT2D eigenvalue weighted by molar-refractivity contribution is 6.99. The third-order valence-corrected chi connectivity index (χ3v) is 14.4. The van der Waals surface area contributed by atoms with Crippen LogP contribution in [0.3, 0.4) is 0 Å². The first-order valence-corrected chi connectivity index (χ1v) is 17.8. The molecule has 5 nitrogen and oxygen atoms in total. The van der Waals surface area contributed by atoms with Gasteiger partial charge in [-0.3, -0.25) is 4.79 Å². The second kappa shape index (κ2) is 13.9. The zero-order valence-corrected chi connectivity index (χ0v) is 28.8. The number of carbonyl (C=O) groups is 1. The van der Waals surface area contributed by atoms with Gasteiger partial charge in [0.1, 0.15) is 5.78 Å². The van der Waals surface area contributed by atoms with Gasteiger partial charge in [0.25, 0.3) is 8.32 Å². The molecule has 42 heavy (non-hydrogen) atoms. The summed E-state index contributed by atoms with van der Waals surface area (Å²) in [5.41, 5.74) is -0.709. The SMILES string of the molecule is CC(CCC[C@H](C)[C@@H](O)C(C)C(=O)C(C)(C)[C@@H]1CCOC(C)(C)O1)O[Si](c1ccccc1)(c1ccccc1)C(C)(C)C. The van der Waals surface area contributed by atoms with Gasteiger partial charge >= 0.3 is 0 Å². The fourth-order valence-electron chi connectivity index (χ4n) is 6.70. The second-order valence-corrected chi connectivity index (χ2v) is 18.8. The number of ketones is 1. The molecular formula is C36H56O5Si. The lowest BCUT2D eigenvalue weighted by molar-refractivity contribution is -0.289. The summed E-state index contributed by atoms with van der Waals surface area (Å²) in [4.78, 5) is 13.6. The van der Waals surface area contributed by atoms with Gasteiger partial charge < -0.3 is 19.0 Å². The van der Waals surface area contributed by atoms with Gasteiger partial charge in [0.05, 0.1) is 24.2 Å². The van der Waals surface area contributed by atoms with E-state index in [9.17, 15) is 9.90 Å². The first-order chi connectivity index (χ1) is 19.5. The molecule has 2 aromatic rings. The second-order valence-electron chi connectivity index (χ2n) is 14.5. The van der Waals surface area contributed by atoms with Crippen LogP contribution < -0.4 is 10.4 Å². The van der Waals surface area contributed by atoms with Gasteiger partial charge in [-0.2, -0.15) is 0 Å². The number of ether oxygens (including phenoxy) is 2. The summed E-state index contributed by atoms with van der Waals surface area (Å²) >= 11 is 0. The van der Waals surface area contributed by atoms with Crippen molar-refractivity contribution in [3.8, 4) is 0 Å². The molecule has 3 rings (SSSR count). The number of aliphatic hydroxyl groups excluding tert-OH is 1. The van der Waals surface area contributed by atoms with Gasteiger partial charge in [0, 0.05) is 12.0 Å². The normalized spacial score (nSPS) is 20.9. The van der Waals surface area contributed by atoms with E-state index < -0.39 is 31.5 Å². The van der Waals surface area contributed by atoms with Gasteiger partial charge in [-0.05, 0) is 61.4 Å². The van der Waals surface area contributed by atoms with E-state index in [4.69, 9.17) is 13.9 Å². The highest BCUT2D eigenvalue weighted by Crippen LogP contribution is 2.39. The van der Waals surface area contributed by atoms with Crippen molar-refractivity contribution in [3.05, 3.63) is 60.7 Å². The Bertz CT molecular complexity index is 1080. The average Bonchev–Trinajstić information content (AvgIpc) is 2.94. The van der Waals surface area contributed by atoms with Crippen LogP contribution in [0.15, 0.2) is 60.7 Å². The largest absolute Gasteiger partial charge is 0.405 e. The lowest BCUT2D eigenvalue weighted by Crippen LogP contribution is -2.67. The predicted octanol–water partition coefficient (Wildman–Crippen LogP) is 6.89. The van der Waals surface area contributed by atoms with Crippen LogP contribution >= 0.6 is 0 Å². The number of rotatable bonds is 13. The molecule has 1 heterocycles. The number of aliphatic hydroxyl groups is 1. The summed E-state index contributed by atoms with van der Waals surface area (Å²) < 4.78 is 19.1. The summed E-state index contributed by atoms with van der Waals surface area (Å²) in [7, 11) is -2.61. The van der Waals surface area contributed by atoms with E-state index in [2.05, 4.69) is 95.3 Å². The molecule has 0 amide bonds. The van der Waals surface area contributed by atoms with Crippen molar-refractivity contribution in [3.63, 3.8) is 0 Å². The molecule has 0 aromatic heterocycles. The zero-order chi connectivity index (χ0) is 31.3. The minimum Gasteiger partial charge on any atom is -0.405 e. The van der Waals surface area contributed by atoms with Crippen molar-refractivity contribution in [1.82, 2.24) is 0 Å². The first kappa shape index (κ1) is 34.7. The number of hydrogen-bond acceptors (Lipinski definition) is 5. The number of benzene rings is 2. The lowest BCUT2D eigenvalue weighted by atomic mass is 9.72. The number of carbonyl (C=O) groups excluding carboxylic acids is 1. The van der Waals surface area contributed by atoms with E-state index in [0.29, 0.717) is 13.0 Å². The Morgan fingerprint density at radius 2 is 1.48 bits per heavy atom. The van der Waals surface area contributed by atoms with Crippen molar-refractivity contribution in [2.75, 3.05) is 6.61 Å². The monoisotopic (exact) mass is 596 g/mol. The Kier molecular flexibility index (Phi) is 11.4. The molecule has 234 valence electrons. The van der Waals surface area contributed by atoms with E-state index in [1.54, 1.807) is 0 Å². The summed E-state index contributed by atoms with van der Waals surface area (Å²) in [6.45, 7) is 21.2.